The Hall–Kier alpha value is -3.71. The van der Waals surface area contributed by atoms with Crippen LogP contribution in [0.3, 0.4) is 0 Å². The molecule has 0 radical (unpaired) electrons. The van der Waals surface area contributed by atoms with Gasteiger partial charge in [0.2, 0.25) is 5.91 Å². The molecular weight excluding hydrogens is 631 g/mol. The lowest BCUT2D eigenvalue weighted by molar-refractivity contribution is -0.143. The van der Waals surface area contributed by atoms with Crippen LogP contribution in [-0.4, -0.2) is 47.5 Å². The van der Waals surface area contributed by atoms with Crippen molar-refractivity contribution in [1.29, 1.82) is 0 Å². The minimum absolute atomic E-state index is 0.0157. The molecule has 1 aliphatic heterocycles. The van der Waals surface area contributed by atoms with E-state index in [1.165, 1.54) is 45.3 Å². The molecule has 1 aliphatic rings. The lowest BCUT2D eigenvalue weighted by Gasteiger charge is -2.45. The summed E-state index contributed by atoms with van der Waals surface area (Å²) >= 11 is 0. The fraction of sp³-hybridized carbons (Fsp3) is 0.471. The highest BCUT2D eigenvalue weighted by molar-refractivity contribution is 6.03. The second-order valence-corrected chi connectivity index (χ2v) is 13.4. The van der Waals surface area contributed by atoms with Gasteiger partial charge in [0.15, 0.2) is 6.29 Å². The van der Waals surface area contributed by atoms with Gasteiger partial charge in [-0.1, -0.05) is 19.9 Å². The highest BCUT2D eigenvalue weighted by atomic mass is 19.4. The number of carbonyl (C=O) groups excluding carboxylic acids is 1. The Bertz CT molecular complexity index is 1600. The van der Waals surface area contributed by atoms with E-state index in [0.29, 0.717) is 54.2 Å². The van der Waals surface area contributed by atoms with Gasteiger partial charge in [0.25, 0.3) is 0 Å². The van der Waals surface area contributed by atoms with Crippen molar-refractivity contribution in [2.45, 2.75) is 71.5 Å². The number of halogens is 7. The van der Waals surface area contributed by atoms with Crippen LogP contribution in [0.1, 0.15) is 62.8 Å². The first-order valence-electron chi connectivity index (χ1n) is 15.0. The molecular formula is C34H38F7N3O3. The van der Waals surface area contributed by atoms with Gasteiger partial charge in [-0.25, -0.2) is 9.37 Å². The van der Waals surface area contributed by atoms with Crippen molar-refractivity contribution in [3.8, 4) is 11.1 Å². The van der Waals surface area contributed by atoms with Crippen LogP contribution in [0.25, 0.3) is 11.1 Å². The van der Waals surface area contributed by atoms with Gasteiger partial charge in [-0.05, 0) is 91.6 Å². The topological polar surface area (TPSA) is 76.9 Å². The molecule has 1 amide bonds. The lowest BCUT2D eigenvalue weighted by atomic mass is 9.72. The number of aromatic nitrogens is 1. The van der Waals surface area contributed by atoms with Crippen LogP contribution in [0.4, 0.5) is 42.2 Å². The van der Waals surface area contributed by atoms with E-state index < -0.39 is 52.5 Å². The molecule has 1 saturated heterocycles. The van der Waals surface area contributed by atoms with E-state index in [2.05, 4.69) is 4.98 Å². The van der Waals surface area contributed by atoms with Crippen molar-refractivity contribution in [3.05, 3.63) is 76.7 Å². The Morgan fingerprint density at radius 1 is 0.979 bits per heavy atom. The molecule has 0 bridgehead atoms. The third-order valence-electron chi connectivity index (χ3n) is 9.13. The molecule has 6 nitrogen and oxygen atoms in total. The maximum absolute atomic E-state index is 14.1. The Morgan fingerprint density at radius 2 is 1.55 bits per heavy atom. The zero-order chi connectivity index (χ0) is 35.3. The molecule has 0 saturated carbocycles. The minimum atomic E-state index is -5.09. The van der Waals surface area contributed by atoms with E-state index >= 15 is 0 Å². The molecule has 13 heteroatoms. The zero-order valence-electron chi connectivity index (χ0n) is 26.9. The number of rotatable bonds is 7. The number of anilines is 2. The first-order valence-corrected chi connectivity index (χ1v) is 15.0. The largest absolute Gasteiger partial charge is 0.416 e. The molecule has 1 atom stereocenters. The molecule has 1 aromatic heterocycles. The molecule has 4 rings (SSSR count). The Labute approximate surface area is 268 Å². The van der Waals surface area contributed by atoms with Crippen molar-refractivity contribution < 1.29 is 45.7 Å². The van der Waals surface area contributed by atoms with Crippen molar-refractivity contribution in [1.82, 2.24) is 4.98 Å². The second-order valence-electron chi connectivity index (χ2n) is 13.4. The number of piperidine rings is 1. The predicted octanol–water partition coefficient (Wildman–Crippen LogP) is 7.73. The van der Waals surface area contributed by atoms with Gasteiger partial charge in [-0.15, -0.1) is 0 Å². The fourth-order valence-corrected chi connectivity index (χ4v) is 6.28. The maximum Gasteiger partial charge on any atom is 0.416 e. The Kier molecular flexibility index (Phi) is 9.78. The molecule has 2 N–H and O–H groups in total. The average molecular weight is 670 g/mol. The van der Waals surface area contributed by atoms with Gasteiger partial charge >= 0.3 is 12.4 Å². The van der Waals surface area contributed by atoms with Crippen molar-refractivity contribution in [2.75, 3.05) is 29.9 Å². The van der Waals surface area contributed by atoms with Crippen molar-refractivity contribution >= 4 is 17.4 Å². The van der Waals surface area contributed by atoms with Gasteiger partial charge in [-0.2, -0.15) is 26.3 Å². The smallest absolute Gasteiger partial charge is 0.368 e. The number of amides is 1. The van der Waals surface area contributed by atoms with Gasteiger partial charge in [0.1, 0.15) is 11.6 Å². The minimum Gasteiger partial charge on any atom is -0.368 e. The summed E-state index contributed by atoms with van der Waals surface area (Å²) < 4.78 is 96.0. The summed E-state index contributed by atoms with van der Waals surface area (Å²) in [6.45, 7) is 9.25. The van der Waals surface area contributed by atoms with E-state index in [9.17, 15) is 45.7 Å². The summed E-state index contributed by atoms with van der Waals surface area (Å²) in [5.74, 6) is -0.745. The Balaban J connectivity index is 1.79. The summed E-state index contributed by atoms with van der Waals surface area (Å²) in [5.41, 5.74) is -3.99. The molecule has 256 valence electrons. The number of pyridine rings is 1. The molecule has 3 aromatic rings. The van der Waals surface area contributed by atoms with E-state index in [1.54, 1.807) is 13.0 Å². The van der Waals surface area contributed by atoms with E-state index in [1.807, 2.05) is 18.7 Å². The van der Waals surface area contributed by atoms with Crippen molar-refractivity contribution in [2.24, 2.45) is 11.3 Å². The highest BCUT2D eigenvalue weighted by Gasteiger charge is 2.42. The molecule has 0 spiro atoms. The number of carbonyl (C=O) groups is 1. The molecule has 47 heavy (non-hydrogen) atoms. The summed E-state index contributed by atoms with van der Waals surface area (Å²) in [6.07, 6.45) is -9.35. The third kappa shape index (κ3) is 7.72. The van der Waals surface area contributed by atoms with E-state index in [4.69, 9.17) is 0 Å². The number of aliphatic hydroxyl groups is 2. The lowest BCUT2D eigenvalue weighted by Crippen LogP contribution is -2.47. The highest BCUT2D eigenvalue weighted by Crippen LogP contribution is 2.43. The number of likely N-dealkylation sites (N-methyl/N-ethyl adjacent to an activating group) is 1. The zero-order valence-corrected chi connectivity index (χ0v) is 26.9. The van der Waals surface area contributed by atoms with Crippen LogP contribution < -0.4 is 9.80 Å². The average Bonchev–Trinajstić information content (AvgIpc) is 2.95. The second kappa shape index (κ2) is 12.7. The summed E-state index contributed by atoms with van der Waals surface area (Å²) in [4.78, 5) is 21.8. The summed E-state index contributed by atoms with van der Waals surface area (Å²) in [7, 11) is 1.36. The SMILES string of the molecule is Cc1cc(F)ccc1-c1cc(N2CCC(CC(O)O)C(C)(C)C2)ncc1N(C)C(=O)C(C)(C)c1cc(C(F)(F)F)cc(C(F)(F)F)c1. The fourth-order valence-electron chi connectivity index (χ4n) is 6.28. The maximum atomic E-state index is 14.1. The summed E-state index contributed by atoms with van der Waals surface area (Å²) in [5, 5.41) is 19.1. The molecule has 1 unspecified atom stereocenters. The number of hydrogen-bond acceptors (Lipinski definition) is 5. The number of aryl methyl sites for hydroxylation is 1. The number of hydrogen-bond donors (Lipinski definition) is 2. The van der Waals surface area contributed by atoms with Gasteiger partial charge in [0, 0.05) is 32.1 Å². The summed E-state index contributed by atoms with van der Waals surface area (Å²) in [6, 6.07) is 6.91. The number of nitrogens with zero attached hydrogens (tertiary/aromatic N) is 3. The monoisotopic (exact) mass is 669 g/mol. The third-order valence-corrected chi connectivity index (χ3v) is 9.13. The van der Waals surface area contributed by atoms with E-state index in [-0.39, 0.29) is 29.5 Å². The number of benzene rings is 2. The Morgan fingerprint density at radius 3 is 2.06 bits per heavy atom. The standard InChI is InChI=1S/C34H38F7N3O3/c1-19-11-24(35)7-8-25(19)26-16-28(44-10-9-20(15-29(45)46)31(2,3)18-44)42-17-27(26)43(6)30(47)32(4,5)21-12-22(33(36,37)38)14-23(13-21)34(39,40)41/h7-8,11-14,16-17,20,29,45-46H,9-10,15,18H2,1-6H3. The van der Waals surface area contributed by atoms with E-state index in [0.717, 1.165) is 4.90 Å². The van der Waals surface area contributed by atoms with Crippen LogP contribution in [0.5, 0.6) is 0 Å². The van der Waals surface area contributed by atoms with Gasteiger partial charge in [-0.3, -0.25) is 4.79 Å². The van der Waals surface area contributed by atoms with Crippen LogP contribution >= 0.6 is 0 Å². The molecule has 0 aliphatic carbocycles. The van der Waals surface area contributed by atoms with Crippen LogP contribution in [0.15, 0.2) is 48.7 Å². The molecule has 2 aromatic carbocycles. The molecule has 2 heterocycles. The first kappa shape index (κ1) is 36.1. The van der Waals surface area contributed by atoms with Gasteiger partial charge < -0.3 is 20.0 Å². The van der Waals surface area contributed by atoms with Crippen LogP contribution in [0, 0.1) is 24.1 Å². The number of aliphatic hydroxyl groups excluding tert-OH is 1. The predicted molar refractivity (Wildman–Crippen MR) is 164 cm³/mol. The first-order chi connectivity index (χ1) is 21.5. The normalized spacial score (nSPS) is 17.3. The number of alkyl halides is 6. The molecule has 1 fully saturated rings. The van der Waals surface area contributed by atoms with Gasteiger partial charge in [0.05, 0.1) is 28.4 Å². The quantitative estimate of drug-likeness (QED) is 0.199. The van der Waals surface area contributed by atoms with Crippen LogP contribution in [-0.2, 0) is 22.6 Å². The van der Waals surface area contributed by atoms with Crippen molar-refractivity contribution in [3.63, 3.8) is 0 Å². The van der Waals surface area contributed by atoms with Crippen LogP contribution in [0.2, 0.25) is 0 Å².